The van der Waals surface area contributed by atoms with Crippen LogP contribution in [0.3, 0.4) is 0 Å². The van der Waals surface area contributed by atoms with Crippen LogP contribution in [0.25, 0.3) is 43.6 Å². The molecule has 376 valence electrons. The second-order valence-electron chi connectivity index (χ2n) is 21.3. The summed E-state index contributed by atoms with van der Waals surface area (Å²) in [6, 6.07) is 44.9. The molecule has 8 aromatic rings. The number of aromatic nitrogens is 4. The van der Waals surface area contributed by atoms with E-state index in [2.05, 4.69) is 112 Å². The van der Waals surface area contributed by atoms with Crippen LogP contribution in [0.15, 0.2) is 133 Å². The van der Waals surface area contributed by atoms with Gasteiger partial charge in [0.05, 0.1) is 28.5 Å². The van der Waals surface area contributed by atoms with Gasteiger partial charge in [0.2, 0.25) is 5.91 Å². The standard InChI is InChI=1S/C28H31N3O.C19H23NO4.C13H17N3/c1-19(13-21-11-12-22-7-3-4-8-23(22)16-21)15-27(32)31-17-20(2)14-24(18-31)28-29-25-9-5-6-10-26(25)30-28;1-19(2,3)24-18(23)20-16(12-17(21)22)11-13-8-9-14-6-4-5-7-15(14)10-13;1-9-6-10(8-14-7-9)13-15-11-4-2-3-5-12(11)16-13/h3-12,16,19-20,24H,13-15,17-18H2,1-2H3,(H,29,30);4-10,16H,11-12H2,1-3H3,(H,20,23)(H,21,22);2-5,9-10,14H,6-8H2,1H3,(H,15,16)/t19-,20?,24?;16-;/m11./s1. The number of carboxylic acids is 1. The molecule has 2 aromatic heterocycles. The number of ether oxygens (including phenoxy) is 1. The number of amides is 2. The Morgan fingerprint density at radius 2 is 1.19 bits per heavy atom. The number of likely N-dealkylation sites (tertiary alicyclic amines) is 1. The van der Waals surface area contributed by atoms with Gasteiger partial charge in [-0.15, -0.1) is 0 Å². The summed E-state index contributed by atoms with van der Waals surface area (Å²) in [5, 5.41) is 19.9. The highest BCUT2D eigenvalue weighted by atomic mass is 16.6. The molecule has 6 atom stereocenters. The average Bonchev–Trinajstić information content (AvgIpc) is 3.99. The molecule has 2 aliphatic rings. The zero-order valence-electron chi connectivity index (χ0n) is 42.7. The molecule has 2 aliphatic heterocycles. The highest BCUT2D eigenvalue weighted by Crippen LogP contribution is 2.31. The summed E-state index contributed by atoms with van der Waals surface area (Å²) < 4.78 is 5.21. The van der Waals surface area contributed by atoms with Crippen LogP contribution in [0.4, 0.5) is 4.79 Å². The third kappa shape index (κ3) is 14.3. The smallest absolute Gasteiger partial charge is 0.407 e. The number of carbonyl (C=O) groups excluding carboxylic acids is 2. The molecule has 72 heavy (non-hydrogen) atoms. The maximum atomic E-state index is 13.2. The number of carboxylic acid groups (broad SMARTS) is 1. The quantitative estimate of drug-likeness (QED) is 0.0854. The highest BCUT2D eigenvalue weighted by Gasteiger charge is 2.31. The molecule has 4 heterocycles. The van der Waals surface area contributed by atoms with E-state index in [9.17, 15) is 14.4 Å². The highest BCUT2D eigenvalue weighted by molar-refractivity contribution is 5.84. The van der Waals surface area contributed by atoms with Gasteiger partial charge in [-0.3, -0.25) is 9.59 Å². The van der Waals surface area contributed by atoms with Crippen molar-refractivity contribution in [2.24, 2.45) is 17.8 Å². The van der Waals surface area contributed by atoms with Crippen LogP contribution >= 0.6 is 0 Å². The van der Waals surface area contributed by atoms with E-state index in [1.54, 1.807) is 20.8 Å². The maximum Gasteiger partial charge on any atom is 0.407 e. The molecule has 6 aromatic carbocycles. The van der Waals surface area contributed by atoms with Crippen molar-refractivity contribution in [3.8, 4) is 0 Å². The molecule has 4 unspecified atom stereocenters. The third-order valence-corrected chi connectivity index (χ3v) is 13.5. The summed E-state index contributed by atoms with van der Waals surface area (Å²) in [7, 11) is 0. The topological polar surface area (TPSA) is 165 Å². The number of carbonyl (C=O) groups is 3. The lowest BCUT2D eigenvalue weighted by Crippen LogP contribution is -2.43. The largest absolute Gasteiger partial charge is 0.481 e. The molecule has 2 saturated heterocycles. The summed E-state index contributed by atoms with van der Waals surface area (Å²) in [5.74, 6) is 3.80. The molecule has 0 bridgehead atoms. The Balaban J connectivity index is 0.000000153. The normalized spacial score (nSPS) is 18.9. The van der Waals surface area contributed by atoms with Crippen molar-refractivity contribution in [2.45, 2.75) is 104 Å². The first kappa shape index (κ1) is 51.3. The fraction of sp³-hybridized carbons (Fsp3) is 0.383. The van der Waals surface area contributed by atoms with Gasteiger partial charge in [0.1, 0.15) is 17.2 Å². The molecular formula is C60H71N7O5. The van der Waals surface area contributed by atoms with E-state index in [0.717, 1.165) is 95.0 Å². The van der Waals surface area contributed by atoms with Crippen molar-refractivity contribution < 1.29 is 24.2 Å². The van der Waals surface area contributed by atoms with Crippen molar-refractivity contribution in [1.82, 2.24) is 35.5 Å². The number of para-hydroxylation sites is 4. The van der Waals surface area contributed by atoms with Gasteiger partial charge >= 0.3 is 12.1 Å². The van der Waals surface area contributed by atoms with Crippen LogP contribution in [0.5, 0.6) is 0 Å². The van der Waals surface area contributed by atoms with Gasteiger partial charge in [0, 0.05) is 43.9 Å². The van der Waals surface area contributed by atoms with Gasteiger partial charge < -0.3 is 35.3 Å². The number of H-pyrrole nitrogens is 2. The summed E-state index contributed by atoms with van der Waals surface area (Å²) in [6.07, 6.45) is 3.47. The third-order valence-electron chi connectivity index (χ3n) is 13.5. The molecule has 2 amide bonds. The number of alkyl carbamates (subject to hydrolysis) is 1. The van der Waals surface area contributed by atoms with Gasteiger partial charge in [0.25, 0.3) is 0 Å². The summed E-state index contributed by atoms with van der Waals surface area (Å²) >= 11 is 0. The van der Waals surface area contributed by atoms with E-state index in [-0.39, 0.29) is 18.2 Å². The Kier molecular flexibility index (Phi) is 16.7. The van der Waals surface area contributed by atoms with Crippen molar-refractivity contribution in [1.29, 1.82) is 0 Å². The predicted molar refractivity (Wildman–Crippen MR) is 289 cm³/mol. The molecular weight excluding hydrogens is 899 g/mol. The minimum atomic E-state index is -0.961. The van der Waals surface area contributed by atoms with E-state index < -0.39 is 23.7 Å². The number of benzene rings is 6. The molecule has 5 N–H and O–H groups in total. The predicted octanol–water partition coefficient (Wildman–Crippen LogP) is 12.0. The van der Waals surface area contributed by atoms with Crippen LogP contribution in [0.1, 0.15) is 102 Å². The van der Waals surface area contributed by atoms with E-state index in [4.69, 9.17) is 14.8 Å². The summed E-state index contributed by atoms with van der Waals surface area (Å²) in [6.45, 7) is 15.8. The van der Waals surface area contributed by atoms with E-state index in [0.29, 0.717) is 30.6 Å². The van der Waals surface area contributed by atoms with Crippen molar-refractivity contribution in [3.63, 3.8) is 0 Å². The van der Waals surface area contributed by atoms with Crippen LogP contribution in [0.2, 0.25) is 0 Å². The Bertz CT molecular complexity index is 3030. The molecule has 2 fully saturated rings. The van der Waals surface area contributed by atoms with Gasteiger partial charge in [-0.05, 0) is 128 Å². The van der Waals surface area contributed by atoms with Gasteiger partial charge in [0.15, 0.2) is 0 Å². The number of hydrogen-bond donors (Lipinski definition) is 5. The lowest BCUT2D eigenvalue weighted by molar-refractivity contribution is -0.137. The maximum absolute atomic E-state index is 13.2. The number of hydrogen-bond acceptors (Lipinski definition) is 7. The van der Waals surface area contributed by atoms with Gasteiger partial charge in [-0.25, -0.2) is 14.8 Å². The first-order chi connectivity index (χ1) is 34.6. The van der Waals surface area contributed by atoms with Crippen molar-refractivity contribution in [2.75, 3.05) is 26.2 Å². The van der Waals surface area contributed by atoms with Crippen LogP contribution in [-0.4, -0.2) is 85.7 Å². The number of aliphatic carboxylic acids is 1. The van der Waals surface area contributed by atoms with Gasteiger partial charge in [-0.2, -0.15) is 0 Å². The fourth-order valence-electron chi connectivity index (χ4n) is 10.2. The number of rotatable bonds is 11. The number of aromatic amines is 2. The fourth-order valence-corrected chi connectivity index (χ4v) is 10.2. The molecule has 10 rings (SSSR count). The molecule has 12 heteroatoms. The molecule has 0 saturated carbocycles. The summed E-state index contributed by atoms with van der Waals surface area (Å²) in [5.41, 5.74) is 5.95. The molecule has 12 nitrogen and oxygen atoms in total. The average molecular weight is 970 g/mol. The lowest BCUT2D eigenvalue weighted by Gasteiger charge is -2.36. The monoisotopic (exact) mass is 970 g/mol. The second-order valence-corrected chi connectivity index (χ2v) is 21.3. The molecule has 0 radical (unpaired) electrons. The Morgan fingerprint density at radius 3 is 1.75 bits per heavy atom. The van der Waals surface area contributed by atoms with Crippen LogP contribution in [0, 0.1) is 17.8 Å². The minimum absolute atomic E-state index is 0.161. The SMILES string of the molecule is CC(C)(C)OC(=O)N[C@@H](CC(=O)O)Cc1ccc2ccccc2c1.CC1CC(c2nc3ccccc3[nH]2)CN(C(=O)C[C@H](C)Cc2ccc3ccccc3c2)C1.CC1CNCC(c2nc3ccccc3[nH]2)C1. The number of fused-ring (bicyclic) bond motifs is 4. The number of piperidine rings is 2. The number of nitrogens with zero attached hydrogens (tertiary/aromatic N) is 3. The van der Waals surface area contributed by atoms with Crippen LogP contribution < -0.4 is 10.6 Å². The minimum Gasteiger partial charge on any atom is -0.481 e. The van der Waals surface area contributed by atoms with Gasteiger partial charge in [-0.1, -0.05) is 130 Å². The van der Waals surface area contributed by atoms with E-state index in [1.807, 2.05) is 72.8 Å². The molecule has 0 aliphatic carbocycles. The van der Waals surface area contributed by atoms with Crippen LogP contribution in [-0.2, 0) is 27.2 Å². The Morgan fingerprint density at radius 1 is 0.667 bits per heavy atom. The second kappa shape index (κ2) is 23.5. The van der Waals surface area contributed by atoms with Crippen molar-refractivity contribution >= 4 is 61.6 Å². The zero-order valence-corrected chi connectivity index (χ0v) is 42.7. The Hall–Kier alpha value is -7.05. The number of nitrogens with one attached hydrogen (secondary N) is 4. The Labute approximate surface area is 423 Å². The summed E-state index contributed by atoms with van der Waals surface area (Å²) in [4.78, 5) is 54.7. The first-order valence-electron chi connectivity index (χ1n) is 25.6. The zero-order chi connectivity index (χ0) is 50.8. The first-order valence-corrected chi connectivity index (χ1v) is 25.6. The van der Waals surface area contributed by atoms with E-state index >= 15 is 0 Å². The number of imidazole rings is 2. The molecule has 0 spiro atoms. The van der Waals surface area contributed by atoms with Crippen molar-refractivity contribution in [3.05, 3.63) is 156 Å². The lowest BCUT2D eigenvalue weighted by atomic mass is 9.89. The van der Waals surface area contributed by atoms with E-state index in [1.165, 1.54) is 22.8 Å².